The molecular formula is C13H16N2O5. The number of hydrogen-bond donors (Lipinski definition) is 0. The van der Waals surface area contributed by atoms with Crippen LogP contribution in [0, 0.1) is 10.1 Å². The summed E-state index contributed by atoms with van der Waals surface area (Å²) in [5.74, 6) is -0.588. The summed E-state index contributed by atoms with van der Waals surface area (Å²) in [6.07, 6.45) is 0. The number of para-hydroxylation sites is 1. The number of hydrogen-bond acceptors (Lipinski definition) is 6. The maximum atomic E-state index is 11.8. The van der Waals surface area contributed by atoms with Gasteiger partial charge in [-0.05, 0) is 13.0 Å². The quantitative estimate of drug-likeness (QED) is 0.473. The zero-order chi connectivity index (χ0) is 14.9. The first-order chi connectivity index (χ1) is 9.41. The van der Waals surface area contributed by atoms with E-state index in [-0.39, 0.29) is 16.9 Å². The fourth-order valence-electron chi connectivity index (χ4n) is 2.33. The number of nitro benzene ring substituents is 1. The molecule has 1 aliphatic rings. The molecule has 0 spiro atoms. The van der Waals surface area contributed by atoms with Crippen LogP contribution in [0.4, 0.5) is 11.4 Å². The molecule has 1 aromatic rings. The van der Waals surface area contributed by atoms with Gasteiger partial charge in [-0.2, -0.15) is 0 Å². The van der Waals surface area contributed by atoms with Gasteiger partial charge in [-0.3, -0.25) is 10.1 Å². The van der Waals surface area contributed by atoms with Gasteiger partial charge in [0.2, 0.25) is 0 Å². The molecule has 7 heteroatoms. The van der Waals surface area contributed by atoms with Crippen molar-refractivity contribution in [2.24, 2.45) is 0 Å². The van der Waals surface area contributed by atoms with E-state index in [0.717, 1.165) is 0 Å². The maximum Gasteiger partial charge on any atom is 0.340 e. The maximum absolute atomic E-state index is 11.8. The van der Waals surface area contributed by atoms with Gasteiger partial charge in [-0.25, -0.2) is 4.79 Å². The van der Waals surface area contributed by atoms with Gasteiger partial charge in [-0.15, -0.1) is 0 Å². The van der Waals surface area contributed by atoms with Gasteiger partial charge in [0.1, 0.15) is 5.69 Å². The molecule has 0 atom stereocenters. The highest BCUT2D eigenvalue weighted by atomic mass is 16.6. The lowest BCUT2D eigenvalue weighted by molar-refractivity contribution is -0.384. The fourth-order valence-corrected chi connectivity index (χ4v) is 2.33. The summed E-state index contributed by atoms with van der Waals surface area (Å²) in [6, 6.07) is 4.38. The standard InChI is InChI=1S/C13H16N2O5/c1-13(20-3)7-14(8-13)11-9(12(16)19-2)5-4-6-10(11)15(17)18/h4-6H,7-8H2,1-3H3. The molecule has 1 fully saturated rings. The number of ether oxygens (including phenoxy) is 2. The third kappa shape index (κ3) is 2.32. The van der Waals surface area contributed by atoms with Crippen molar-refractivity contribution in [3.8, 4) is 0 Å². The van der Waals surface area contributed by atoms with Crippen molar-refractivity contribution < 1.29 is 19.2 Å². The van der Waals surface area contributed by atoms with Gasteiger partial charge < -0.3 is 14.4 Å². The Bertz CT molecular complexity index is 552. The van der Waals surface area contributed by atoms with Gasteiger partial charge in [0.05, 0.1) is 23.2 Å². The summed E-state index contributed by atoms with van der Waals surface area (Å²) in [7, 11) is 2.85. The molecule has 0 radical (unpaired) electrons. The number of carbonyl (C=O) groups excluding carboxylic acids is 1. The van der Waals surface area contributed by atoms with Crippen molar-refractivity contribution in [1.29, 1.82) is 0 Å². The minimum atomic E-state index is -0.588. The SMILES string of the molecule is COC(=O)c1cccc([N+](=O)[O-])c1N1CC(C)(OC)C1. The first kappa shape index (κ1) is 14.3. The van der Waals surface area contributed by atoms with Crippen molar-refractivity contribution in [2.45, 2.75) is 12.5 Å². The van der Waals surface area contributed by atoms with Crippen molar-refractivity contribution in [2.75, 3.05) is 32.2 Å². The summed E-state index contributed by atoms with van der Waals surface area (Å²) >= 11 is 0. The van der Waals surface area contributed by atoms with Crippen molar-refractivity contribution in [3.63, 3.8) is 0 Å². The van der Waals surface area contributed by atoms with E-state index in [1.54, 1.807) is 12.0 Å². The topological polar surface area (TPSA) is 81.9 Å². The van der Waals surface area contributed by atoms with Crippen molar-refractivity contribution >= 4 is 17.3 Å². The number of esters is 1. The monoisotopic (exact) mass is 280 g/mol. The molecule has 1 heterocycles. The van der Waals surface area contributed by atoms with E-state index in [1.807, 2.05) is 6.92 Å². The Balaban J connectivity index is 2.44. The van der Waals surface area contributed by atoms with Gasteiger partial charge >= 0.3 is 5.97 Å². The third-order valence-electron chi connectivity index (χ3n) is 3.48. The summed E-state index contributed by atoms with van der Waals surface area (Å²) in [4.78, 5) is 24.2. The second-order valence-corrected chi connectivity index (χ2v) is 4.93. The highest BCUT2D eigenvalue weighted by Gasteiger charge is 2.43. The number of rotatable bonds is 4. The van der Waals surface area contributed by atoms with Crippen LogP contribution in [0.5, 0.6) is 0 Å². The number of methoxy groups -OCH3 is 2. The molecule has 20 heavy (non-hydrogen) atoms. The van der Waals surface area contributed by atoms with Gasteiger partial charge in [0.25, 0.3) is 5.69 Å². The predicted molar refractivity (Wildman–Crippen MR) is 72.1 cm³/mol. The lowest BCUT2D eigenvalue weighted by atomic mass is 9.94. The Labute approximate surface area is 116 Å². The van der Waals surface area contributed by atoms with E-state index < -0.39 is 10.9 Å². The van der Waals surface area contributed by atoms with E-state index >= 15 is 0 Å². The van der Waals surface area contributed by atoms with Crippen LogP contribution in [0.2, 0.25) is 0 Å². The molecule has 0 amide bonds. The molecule has 0 saturated carbocycles. The highest BCUT2D eigenvalue weighted by molar-refractivity contribution is 5.98. The Hall–Kier alpha value is -2.15. The highest BCUT2D eigenvalue weighted by Crippen LogP contribution is 2.38. The van der Waals surface area contributed by atoms with E-state index in [0.29, 0.717) is 18.8 Å². The zero-order valence-corrected chi connectivity index (χ0v) is 11.6. The number of anilines is 1. The van der Waals surface area contributed by atoms with Gasteiger partial charge in [0, 0.05) is 26.3 Å². The average Bonchev–Trinajstić information content (AvgIpc) is 2.42. The largest absolute Gasteiger partial charge is 0.465 e. The summed E-state index contributed by atoms with van der Waals surface area (Å²) in [6.45, 7) is 2.88. The Morgan fingerprint density at radius 1 is 1.40 bits per heavy atom. The van der Waals surface area contributed by atoms with Crippen LogP contribution in [0.25, 0.3) is 0 Å². The average molecular weight is 280 g/mol. The molecule has 2 rings (SSSR count). The molecule has 0 bridgehead atoms. The lowest BCUT2D eigenvalue weighted by Gasteiger charge is -2.48. The summed E-state index contributed by atoms with van der Waals surface area (Å²) < 4.78 is 10.0. The molecule has 7 nitrogen and oxygen atoms in total. The molecule has 0 unspecified atom stereocenters. The molecule has 0 aliphatic carbocycles. The van der Waals surface area contributed by atoms with E-state index in [4.69, 9.17) is 4.74 Å². The summed E-state index contributed by atoms with van der Waals surface area (Å²) in [5, 5.41) is 11.2. The number of nitrogens with zero attached hydrogens (tertiary/aromatic N) is 2. The van der Waals surface area contributed by atoms with E-state index in [1.165, 1.54) is 25.3 Å². The molecule has 1 saturated heterocycles. The van der Waals surface area contributed by atoms with Crippen molar-refractivity contribution in [1.82, 2.24) is 0 Å². The molecule has 1 aliphatic heterocycles. The zero-order valence-electron chi connectivity index (χ0n) is 11.6. The number of benzene rings is 1. The first-order valence-corrected chi connectivity index (χ1v) is 6.07. The second kappa shape index (κ2) is 5.09. The van der Waals surface area contributed by atoms with Gasteiger partial charge in [-0.1, -0.05) is 6.07 Å². The first-order valence-electron chi connectivity index (χ1n) is 6.07. The lowest BCUT2D eigenvalue weighted by Crippen LogP contribution is -2.61. The minimum Gasteiger partial charge on any atom is -0.465 e. The molecule has 0 N–H and O–H groups in total. The van der Waals surface area contributed by atoms with Crippen molar-refractivity contribution in [3.05, 3.63) is 33.9 Å². The third-order valence-corrected chi connectivity index (χ3v) is 3.48. The van der Waals surface area contributed by atoms with Crippen LogP contribution in [0.3, 0.4) is 0 Å². The van der Waals surface area contributed by atoms with Crippen LogP contribution in [-0.2, 0) is 9.47 Å². The van der Waals surface area contributed by atoms with Crippen LogP contribution in [-0.4, -0.2) is 43.8 Å². The Morgan fingerprint density at radius 3 is 2.55 bits per heavy atom. The second-order valence-electron chi connectivity index (χ2n) is 4.93. The number of carbonyl (C=O) groups is 1. The Kier molecular flexibility index (Phi) is 3.63. The van der Waals surface area contributed by atoms with E-state index in [9.17, 15) is 14.9 Å². The molecule has 0 aromatic heterocycles. The van der Waals surface area contributed by atoms with Crippen LogP contribution in [0.1, 0.15) is 17.3 Å². The van der Waals surface area contributed by atoms with Crippen LogP contribution >= 0.6 is 0 Å². The molecule has 1 aromatic carbocycles. The van der Waals surface area contributed by atoms with Crippen LogP contribution < -0.4 is 4.90 Å². The van der Waals surface area contributed by atoms with Crippen LogP contribution in [0.15, 0.2) is 18.2 Å². The molecular weight excluding hydrogens is 264 g/mol. The van der Waals surface area contributed by atoms with Gasteiger partial charge in [0.15, 0.2) is 0 Å². The number of nitro groups is 1. The minimum absolute atomic E-state index is 0.106. The van der Waals surface area contributed by atoms with E-state index in [2.05, 4.69) is 4.74 Å². The normalized spacial score (nSPS) is 16.4. The fraction of sp³-hybridized carbons (Fsp3) is 0.462. The smallest absolute Gasteiger partial charge is 0.340 e. The molecule has 108 valence electrons. The summed E-state index contributed by atoms with van der Waals surface area (Å²) in [5.41, 5.74) is 0.0293. The Morgan fingerprint density at radius 2 is 2.05 bits per heavy atom. The predicted octanol–water partition coefficient (Wildman–Crippen LogP) is 1.61.